The summed E-state index contributed by atoms with van der Waals surface area (Å²) >= 11 is 3.67. The topological polar surface area (TPSA) is 124 Å². The van der Waals surface area contributed by atoms with E-state index in [1.165, 1.54) is 20.8 Å². The van der Waals surface area contributed by atoms with Crippen molar-refractivity contribution < 1.29 is 47.6 Å². The van der Waals surface area contributed by atoms with Crippen LogP contribution < -0.4 is 0 Å². The van der Waals surface area contributed by atoms with Crippen molar-refractivity contribution in [3.8, 4) is 11.8 Å². The first-order chi connectivity index (χ1) is 20.2. The molecular formula is C31H46O10S2. The van der Waals surface area contributed by atoms with Gasteiger partial charge in [0.2, 0.25) is 0 Å². The van der Waals surface area contributed by atoms with Crippen LogP contribution in [0, 0.1) is 17.3 Å². The molecule has 0 aliphatic carbocycles. The number of esters is 4. The highest BCUT2D eigenvalue weighted by atomic mass is 32.2. The maximum atomic E-state index is 12.2. The molecule has 0 unspecified atom stereocenters. The fourth-order valence-corrected chi connectivity index (χ4v) is 7.09. The first-order valence-corrected chi connectivity index (χ1v) is 16.7. The Balaban J connectivity index is 2.27. The lowest BCUT2D eigenvalue weighted by atomic mass is 9.90. The maximum absolute atomic E-state index is 12.2. The van der Waals surface area contributed by atoms with E-state index in [1.807, 2.05) is 23.5 Å². The Kier molecular flexibility index (Phi) is 15.4. The lowest BCUT2D eigenvalue weighted by Crippen LogP contribution is -2.61. The van der Waals surface area contributed by atoms with E-state index < -0.39 is 66.1 Å². The zero-order valence-electron chi connectivity index (χ0n) is 26.4. The van der Waals surface area contributed by atoms with Crippen molar-refractivity contribution >= 4 is 47.4 Å². The largest absolute Gasteiger partial charge is 0.456 e. The van der Waals surface area contributed by atoms with Crippen LogP contribution in [0.3, 0.4) is 0 Å². The van der Waals surface area contributed by atoms with Crippen LogP contribution in [0.4, 0.5) is 0 Å². The Morgan fingerprint density at radius 1 is 0.860 bits per heavy atom. The summed E-state index contributed by atoms with van der Waals surface area (Å²) in [5.74, 6) is 5.90. The van der Waals surface area contributed by atoms with Crippen LogP contribution in [0.2, 0.25) is 0 Å². The Bertz CT molecular complexity index is 1040. The number of ether oxygens (including phenoxy) is 6. The third-order valence-electron chi connectivity index (χ3n) is 6.39. The molecule has 2 aliphatic heterocycles. The molecule has 43 heavy (non-hydrogen) atoms. The summed E-state index contributed by atoms with van der Waals surface area (Å²) in [6.07, 6.45) is -0.600. The van der Waals surface area contributed by atoms with Gasteiger partial charge in [-0.25, -0.2) is 0 Å². The lowest BCUT2D eigenvalue weighted by molar-refractivity contribution is -0.246. The van der Waals surface area contributed by atoms with Crippen LogP contribution in [0.5, 0.6) is 0 Å². The first kappa shape index (κ1) is 37.0. The molecule has 0 aromatic carbocycles. The average Bonchev–Trinajstić information content (AvgIpc) is 2.90. The second kappa shape index (κ2) is 17.9. The molecular weight excluding hydrogens is 596 g/mol. The molecule has 0 N–H and O–H groups in total. The zero-order chi connectivity index (χ0) is 32.2. The van der Waals surface area contributed by atoms with Gasteiger partial charge >= 0.3 is 23.9 Å². The van der Waals surface area contributed by atoms with Gasteiger partial charge in [-0.3, -0.25) is 19.2 Å². The van der Waals surface area contributed by atoms with Crippen molar-refractivity contribution in [1.29, 1.82) is 0 Å². The molecule has 12 heteroatoms. The molecule has 2 heterocycles. The molecule has 242 valence electrons. The highest BCUT2D eigenvalue weighted by Gasteiger charge is 2.51. The number of rotatable bonds is 12. The van der Waals surface area contributed by atoms with Crippen molar-refractivity contribution in [3.05, 3.63) is 12.2 Å². The van der Waals surface area contributed by atoms with Crippen molar-refractivity contribution in [2.24, 2.45) is 5.41 Å². The van der Waals surface area contributed by atoms with Gasteiger partial charge in [0.05, 0.1) is 22.7 Å². The summed E-state index contributed by atoms with van der Waals surface area (Å²) < 4.78 is 34.8. The fourth-order valence-electron chi connectivity index (χ4n) is 4.54. The number of carbonyl (C=O) groups excluding carboxylic acids is 4. The van der Waals surface area contributed by atoms with Crippen LogP contribution in [-0.4, -0.2) is 89.3 Å². The quantitative estimate of drug-likeness (QED) is 0.0981. The van der Waals surface area contributed by atoms with E-state index in [9.17, 15) is 19.2 Å². The maximum Gasteiger partial charge on any atom is 0.311 e. The van der Waals surface area contributed by atoms with Gasteiger partial charge in [-0.15, -0.1) is 23.5 Å². The van der Waals surface area contributed by atoms with Crippen LogP contribution in [0.15, 0.2) is 12.2 Å². The molecule has 0 bridgehead atoms. The van der Waals surface area contributed by atoms with Crippen molar-refractivity contribution in [3.63, 3.8) is 0 Å². The summed E-state index contributed by atoms with van der Waals surface area (Å²) in [6.45, 7) is 13.5. The average molecular weight is 643 g/mol. The zero-order valence-corrected chi connectivity index (χ0v) is 28.0. The third kappa shape index (κ3) is 12.7. The lowest BCUT2D eigenvalue weighted by Gasteiger charge is -2.44. The second-order valence-electron chi connectivity index (χ2n) is 11.2. The molecule has 2 aliphatic rings. The smallest absolute Gasteiger partial charge is 0.311 e. The van der Waals surface area contributed by atoms with Gasteiger partial charge in [-0.1, -0.05) is 25.7 Å². The standard InChI is InChI=1S/C31H46O10S2/c1-9-42-26(43-10-2)17-16-25-28(38-20(4)33)29(39-21(5)34)27(37-19(3)32)24(41-25)13-11-12-22-14-15-23(18-36-22)40-30(35)31(6,7)8/h14-15,22-29H,9-10,13,16-18H2,1-8H3/t22-,23-,24-,25+,27-,28+,29+/m0/s1. The molecule has 0 radical (unpaired) electrons. The number of thioether (sulfide) groups is 2. The van der Waals surface area contributed by atoms with Gasteiger partial charge in [0, 0.05) is 27.2 Å². The predicted molar refractivity (Wildman–Crippen MR) is 165 cm³/mol. The molecule has 10 nitrogen and oxygen atoms in total. The van der Waals surface area contributed by atoms with Gasteiger partial charge < -0.3 is 28.4 Å². The van der Waals surface area contributed by atoms with E-state index in [4.69, 9.17) is 28.4 Å². The predicted octanol–water partition coefficient (Wildman–Crippen LogP) is 4.47. The Hall–Kier alpha value is -2.20. The summed E-state index contributed by atoms with van der Waals surface area (Å²) in [4.78, 5) is 48.6. The minimum absolute atomic E-state index is 0.131. The van der Waals surface area contributed by atoms with Crippen molar-refractivity contribution in [1.82, 2.24) is 0 Å². The Labute approximate surface area is 264 Å². The van der Waals surface area contributed by atoms with E-state index in [1.54, 1.807) is 32.9 Å². The molecule has 1 fully saturated rings. The van der Waals surface area contributed by atoms with Gasteiger partial charge in [0.15, 0.2) is 18.3 Å². The molecule has 0 aromatic rings. The van der Waals surface area contributed by atoms with Gasteiger partial charge in [0.25, 0.3) is 0 Å². The molecule has 0 saturated carbocycles. The summed E-state index contributed by atoms with van der Waals surface area (Å²) in [5.41, 5.74) is -0.621. The van der Waals surface area contributed by atoms with Crippen molar-refractivity contribution in [2.45, 2.75) is 122 Å². The molecule has 7 atom stereocenters. The molecule has 0 spiro atoms. The van der Waals surface area contributed by atoms with Crippen LogP contribution in [0.1, 0.15) is 74.7 Å². The van der Waals surface area contributed by atoms with Crippen LogP contribution in [0.25, 0.3) is 0 Å². The first-order valence-electron chi connectivity index (χ1n) is 14.6. The number of carbonyl (C=O) groups is 4. The highest BCUT2D eigenvalue weighted by Crippen LogP contribution is 2.35. The summed E-state index contributed by atoms with van der Waals surface area (Å²) in [5, 5.41) is 0. The van der Waals surface area contributed by atoms with Gasteiger partial charge in [-0.2, -0.15) is 0 Å². The number of hydrogen-bond acceptors (Lipinski definition) is 12. The minimum atomic E-state index is -1.07. The molecule has 0 aromatic heterocycles. The normalized spacial score (nSPS) is 27.0. The Morgan fingerprint density at radius 3 is 1.91 bits per heavy atom. The summed E-state index contributed by atoms with van der Waals surface area (Å²) in [6, 6.07) is 0. The molecule has 0 amide bonds. The van der Waals surface area contributed by atoms with Gasteiger partial charge in [-0.05, 0) is 57.3 Å². The SMILES string of the molecule is CCSC(CC[C@H]1O[C@@H](CC#C[C@H]2C=C[C@H](OC(=O)C(C)(C)C)CO2)[C@H](OC(C)=O)[C@@H](OC(C)=O)[C@@H]1OC(C)=O)SCC. The van der Waals surface area contributed by atoms with E-state index in [-0.39, 0.29) is 19.0 Å². The highest BCUT2D eigenvalue weighted by molar-refractivity contribution is 8.16. The minimum Gasteiger partial charge on any atom is -0.456 e. The van der Waals surface area contributed by atoms with E-state index >= 15 is 0 Å². The molecule has 1 saturated heterocycles. The van der Waals surface area contributed by atoms with Crippen molar-refractivity contribution in [2.75, 3.05) is 18.1 Å². The third-order valence-corrected chi connectivity index (χ3v) is 9.09. The monoisotopic (exact) mass is 642 g/mol. The Morgan fingerprint density at radius 2 is 1.42 bits per heavy atom. The molecule has 2 rings (SSSR count). The fraction of sp³-hybridized carbons (Fsp3) is 0.742. The van der Waals surface area contributed by atoms with Crippen LogP contribution >= 0.6 is 23.5 Å². The van der Waals surface area contributed by atoms with E-state index in [0.29, 0.717) is 11.0 Å². The summed E-state index contributed by atoms with van der Waals surface area (Å²) in [7, 11) is 0. The van der Waals surface area contributed by atoms with Crippen LogP contribution in [-0.2, 0) is 47.6 Å². The number of hydrogen-bond donors (Lipinski definition) is 0. The van der Waals surface area contributed by atoms with E-state index in [2.05, 4.69) is 25.7 Å². The second-order valence-corrected chi connectivity index (χ2v) is 14.5. The van der Waals surface area contributed by atoms with Gasteiger partial charge in [0.1, 0.15) is 18.3 Å². The van der Waals surface area contributed by atoms with E-state index in [0.717, 1.165) is 17.9 Å².